The van der Waals surface area contributed by atoms with Crippen LogP contribution in [0.1, 0.15) is 18.4 Å². The van der Waals surface area contributed by atoms with Crippen molar-refractivity contribution in [3.8, 4) is 0 Å². The molecule has 3 nitrogen and oxygen atoms in total. The van der Waals surface area contributed by atoms with E-state index >= 15 is 0 Å². The number of anilines is 1. The first-order valence-corrected chi connectivity index (χ1v) is 6.90. The fourth-order valence-electron chi connectivity index (χ4n) is 3.46. The summed E-state index contributed by atoms with van der Waals surface area (Å²) >= 11 is 0. The summed E-state index contributed by atoms with van der Waals surface area (Å²) in [7, 11) is 0. The van der Waals surface area contributed by atoms with Gasteiger partial charge in [-0.3, -0.25) is 0 Å². The molecule has 0 saturated carbocycles. The Morgan fingerprint density at radius 3 is 2.44 bits per heavy atom. The summed E-state index contributed by atoms with van der Waals surface area (Å²) in [4.78, 5) is 2.47. The van der Waals surface area contributed by atoms with Gasteiger partial charge in [-0.2, -0.15) is 0 Å². The Morgan fingerprint density at radius 1 is 1.28 bits per heavy atom. The maximum absolute atomic E-state index is 9.89. The normalized spacial score (nSPS) is 34.6. The molecule has 3 fully saturated rings. The average Bonchev–Trinajstić information content (AvgIpc) is 2.43. The molecule has 1 unspecified atom stereocenters. The van der Waals surface area contributed by atoms with Crippen LogP contribution in [0.15, 0.2) is 24.3 Å². The lowest BCUT2D eigenvalue weighted by Crippen LogP contribution is -2.64. The number of aliphatic hydroxyl groups excluding tert-OH is 1. The fraction of sp³-hybridized carbons (Fsp3) is 0.600. The van der Waals surface area contributed by atoms with Crippen LogP contribution in [-0.2, 0) is 0 Å². The number of piperidine rings is 3. The molecular weight excluding hydrogens is 224 g/mol. The number of fused-ring (bicyclic) bond motifs is 3. The Balaban J connectivity index is 1.82. The van der Waals surface area contributed by atoms with Crippen molar-refractivity contribution in [2.75, 3.05) is 31.6 Å². The number of hydrogen-bond acceptors (Lipinski definition) is 3. The molecule has 3 saturated heterocycles. The Kier molecular flexibility index (Phi) is 3.04. The predicted octanol–water partition coefficient (Wildman–Crippen LogP) is 1.86. The summed E-state index contributed by atoms with van der Waals surface area (Å²) < 4.78 is 0. The minimum Gasteiger partial charge on any atom is -0.394 e. The smallest absolute Gasteiger partial charge is 0.0759 e. The molecule has 3 aliphatic rings. The highest BCUT2D eigenvalue weighted by Gasteiger charge is 2.46. The number of nitrogens with one attached hydrogen (secondary N) is 1. The first-order valence-electron chi connectivity index (χ1n) is 6.90. The van der Waals surface area contributed by atoms with Gasteiger partial charge in [0.2, 0.25) is 0 Å². The van der Waals surface area contributed by atoms with Gasteiger partial charge in [-0.25, -0.2) is 0 Å². The maximum Gasteiger partial charge on any atom is 0.0759 e. The first-order chi connectivity index (χ1) is 8.72. The molecule has 0 radical (unpaired) electrons. The van der Waals surface area contributed by atoms with E-state index in [0.29, 0.717) is 5.92 Å². The second-order valence-corrected chi connectivity index (χ2v) is 5.86. The van der Waals surface area contributed by atoms with Crippen molar-refractivity contribution in [1.29, 1.82) is 0 Å². The minimum atomic E-state index is -0.133. The molecule has 1 aromatic carbocycles. The maximum atomic E-state index is 9.89. The third kappa shape index (κ3) is 2.02. The molecule has 1 aromatic rings. The van der Waals surface area contributed by atoms with Gasteiger partial charge in [0.1, 0.15) is 0 Å². The van der Waals surface area contributed by atoms with E-state index in [4.69, 9.17) is 0 Å². The SMILES string of the molecule is Cc1ccc(NC2(CO)CN3CCC2CC3)cc1. The molecule has 3 heterocycles. The number of aliphatic hydroxyl groups is 1. The third-order valence-corrected chi connectivity index (χ3v) is 4.60. The van der Waals surface area contributed by atoms with E-state index in [-0.39, 0.29) is 12.1 Å². The van der Waals surface area contributed by atoms with Crippen molar-refractivity contribution < 1.29 is 5.11 Å². The van der Waals surface area contributed by atoms with Gasteiger partial charge in [0.25, 0.3) is 0 Å². The van der Waals surface area contributed by atoms with Crippen LogP contribution in [0, 0.1) is 12.8 Å². The van der Waals surface area contributed by atoms with E-state index in [2.05, 4.69) is 41.4 Å². The lowest BCUT2D eigenvalue weighted by Gasteiger charge is -2.53. The highest BCUT2D eigenvalue weighted by molar-refractivity contribution is 5.47. The third-order valence-electron chi connectivity index (χ3n) is 4.60. The van der Waals surface area contributed by atoms with Gasteiger partial charge in [0.15, 0.2) is 0 Å². The number of aryl methyl sites for hydroxylation is 1. The molecular formula is C15H22N2O. The summed E-state index contributed by atoms with van der Waals surface area (Å²) in [5.74, 6) is 0.605. The number of benzene rings is 1. The van der Waals surface area contributed by atoms with Gasteiger partial charge in [0.05, 0.1) is 12.1 Å². The fourth-order valence-corrected chi connectivity index (χ4v) is 3.46. The van der Waals surface area contributed by atoms with E-state index in [1.165, 1.54) is 31.5 Å². The Hall–Kier alpha value is -1.06. The van der Waals surface area contributed by atoms with Crippen molar-refractivity contribution in [3.05, 3.63) is 29.8 Å². The lowest BCUT2D eigenvalue weighted by molar-refractivity contribution is 0.00918. The van der Waals surface area contributed by atoms with Gasteiger partial charge >= 0.3 is 0 Å². The minimum absolute atomic E-state index is 0.133. The molecule has 0 spiro atoms. The van der Waals surface area contributed by atoms with E-state index in [1.807, 2.05) is 0 Å². The summed E-state index contributed by atoms with van der Waals surface area (Å²) in [6.07, 6.45) is 2.42. The van der Waals surface area contributed by atoms with Crippen molar-refractivity contribution in [2.24, 2.45) is 5.92 Å². The molecule has 98 valence electrons. The van der Waals surface area contributed by atoms with E-state index in [0.717, 1.165) is 12.2 Å². The van der Waals surface area contributed by atoms with Gasteiger partial charge in [-0.15, -0.1) is 0 Å². The summed E-state index contributed by atoms with van der Waals surface area (Å²) in [6.45, 7) is 5.69. The van der Waals surface area contributed by atoms with E-state index in [9.17, 15) is 5.11 Å². The van der Waals surface area contributed by atoms with Gasteiger partial charge in [-0.05, 0) is 50.9 Å². The van der Waals surface area contributed by atoms with Crippen LogP contribution in [0.3, 0.4) is 0 Å². The zero-order valence-corrected chi connectivity index (χ0v) is 11.0. The molecule has 0 aromatic heterocycles. The number of nitrogens with zero attached hydrogens (tertiary/aromatic N) is 1. The largest absolute Gasteiger partial charge is 0.394 e. The highest BCUT2D eigenvalue weighted by atomic mass is 16.3. The Morgan fingerprint density at radius 2 is 1.94 bits per heavy atom. The Labute approximate surface area is 109 Å². The van der Waals surface area contributed by atoms with Gasteiger partial charge in [-0.1, -0.05) is 17.7 Å². The average molecular weight is 246 g/mol. The molecule has 4 rings (SSSR count). The quantitative estimate of drug-likeness (QED) is 0.854. The molecule has 3 aliphatic heterocycles. The van der Waals surface area contributed by atoms with Crippen LogP contribution in [0.5, 0.6) is 0 Å². The zero-order valence-electron chi connectivity index (χ0n) is 11.0. The second-order valence-electron chi connectivity index (χ2n) is 5.86. The van der Waals surface area contributed by atoms with Crippen LogP contribution in [0.2, 0.25) is 0 Å². The number of hydrogen-bond donors (Lipinski definition) is 2. The molecule has 1 atom stereocenters. The summed E-state index contributed by atoms with van der Waals surface area (Å²) in [6, 6.07) is 8.47. The second kappa shape index (κ2) is 4.56. The molecule has 3 heteroatoms. The monoisotopic (exact) mass is 246 g/mol. The predicted molar refractivity (Wildman–Crippen MR) is 73.8 cm³/mol. The van der Waals surface area contributed by atoms with Crippen LogP contribution < -0.4 is 5.32 Å². The number of rotatable bonds is 3. The molecule has 18 heavy (non-hydrogen) atoms. The van der Waals surface area contributed by atoms with Gasteiger partial charge in [0, 0.05) is 12.2 Å². The standard InChI is InChI=1S/C15H22N2O/c1-12-2-4-14(5-3-12)16-15(11-18)10-17-8-6-13(15)7-9-17/h2-5,13,16,18H,6-11H2,1H3. The molecule has 0 amide bonds. The molecule has 2 bridgehead atoms. The van der Waals surface area contributed by atoms with Crippen molar-refractivity contribution >= 4 is 5.69 Å². The summed E-state index contributed by atoms with van der Waals surface area (Å²) in [5.41, 5.74) is 2.27. The highest BCUT2D eigenvalue weighted by Crippen LogP contribution is 2.37. The van der Waals surface area contributed by atoms with E-state index < -0.39 is 0 Å². The van der Waals surface area contributed by atoms with Gasteiger partial charge < -0.3 is 15.3 Å². The van der Waals surface area contributed by atoms with E-state index in [1.54, 1.807) is 0 Å². The lowest BCUT2D eigenvalue weighted by atomic mass is 9.73. The first kappa shape index (κ1) is 12.0. The topological polar surface area (TPSA) is 35.5 Å². The van der Waals surface area contributed by atoms with Crippen molar-refractivity contribution in [2.45, 2.75) is 25.3 Å². The van der Waals surface area contributed by atoms with Crippen molar-refractivity contribution in [1.82, 2.24) is 4.90 Å². The molecule has 2 N–H and O–H groups in total. The zero-order chi connectivity index (χ0) is 12.6. The Bertz CT molecular complexity index is 409. The molecule has 0 aliphatic carbocycles. The van der Waals surface area contributed by atoms with Crippen LogP contribution in [-0.4, -0.2) is 41.8 Å². The summed E-state index contributed by atoms with van der Waals surface area (Å²) in [5, 5.41) is 13.5. The van der Waals surface area contributed by atoms with Crippen LogP contribution in [0.4, 0.5) is 5.69 Å². The van der Waals surface area contributed by atoms with Crippen LogP contribution in [0.25, 0.3) is 0 Å². The van der Waals surface area contributed by atoms with Crippen LogP contribution >= 0.6 is 0 Å². The van der Waals surface area contributed by atoms with Crippen molar-refractivity contribution in [3.63, 3.8) is 0 Å².